The maximum absolute atomic E-state index is 13.6. The molecule has 0 spiro atoms. The summed E-state index contributed by atoms with van der Waals surface area (Å²) < 4.78 is 40.0. The summed E-state index contributed by atoms with van der Waals surface area (Å²) in [5, 5.41) is 2.56. The number of aromatic nitrogens is 2. The lowest BCUT2D eigenvalue weighted by atomic mass is 10.2. The molecule has 0 radical (unpaired) electrons. The average molecular weight is 407 g/mol. The Morgan fingerprint density at radius 3 is 2.43 bits per heavy atom. The van der Waals surface area contributed by atoms with Crippen LogP contribution < -0.4 is 10.2 Å². The molecule has 8 nitrogen and oxygen atoms in total. The van der Waals surface area contributed by atoms with Crippen molar-refractivity contribution < 1.29 is 17.6 Å². The normalized spacial score (nSPS) is 15.4. The molecule has 28 heavy (non-hydrogen) atoms. The first kappa shape index (κ1) is 20.2. The number of nitrogens with one attached hydrogen (secondary N) is 1. The lowest BCUT2D eigenvalue weighted by Gasteiger charge is -2.33. The van der Waals surface area contributed by atoms with Gasteiger partial charge >= 0.3 is 0 Å². The van der Waals surface area contributed by atoms with E-state index >= 15 is 0 Å². The molecule has 3 rings (SSSR count). The highest BCUT2D eigenvalue weighted by Gasteiger charge is 2.27. The zero-order valence-corrected chi connectivity index (χ0v) is 16.1. The first-order valence-corrected chi connectivity index (χ1v) is 10.6. The maximum Gasteiger partial charge on any atom is 0.254 e. The maximum atomic E-state index is 13.6. The third kappa shape index (κ3) is 5.02. The van der Waals surface area contributed by atoms with Gasteiger partial charge in [-0.15, -0.1) is 0 Å². The molecule has 2 heterocycles. The third-order valence-corrected chi connectivity index (χ3v) is 6.41. The Bertz CT molecular complexity index is 902. The van der Waals surface area contributed by atoms with Gasteiger partial charge in [-0.05, 0) is 24.6 Å². The van der Waals surface area contributed by atoms with Crippen molar-refractivity contribution in [1.29, 1.82) is 0 Å². The molecular formula is C18H22FN5O3S. The number of carbonyl (C=O) groups excluding carboxylic acids is 1. The van der Waals surface area contributed by atoms with Crippen molar-refractivity contribution in [2.75, 3.05) is 43.4 Å². The summed E-state index contributed by atoms with van der Waals surface area (Å²) in [6.07, 6.45) is 3.56. The van der Waals surface area contributed by atoms with Gasteiger partial charge in [0.05, 0.1) is 11.3 Å². The van der Waals surface area contributed by atoms with E-state index in [9.17, 15) is 17.6 Å². The fourth-order valence-electron chi connectivity index (χ4n) is 2.95. The SMILES string of the molecule is O=C(NCCCS(=O)(=O)N1CCN(c2ncccn2)CC1)c1ccccc1F. The molecule has 1 fully saturated rings. The summed E-state index contributed by atoms with van der Waals surface area (Å²) in [7, 11) is -3.42. The van der Waals surface area contributed by atoms with E-state index in [1.54, 1.807) is 24.5 Å². The number of rotatable bonds is 7. The summed E-state index contributed by atoms with van der Waals surface area (Å²) in [4.78, 5) is 22.2. The first-order chi connectivity index (χ1) is 13.5. The topological polar surface area (TPSA) is 95.5 Å². The predicted molar refractivity (Wildman–Crippen MR) is 103 cm³/mol. The Kier molecular flexibility index (Phi) is 6.53. The van der Waals surface area contributed by atoms with E-state index < -0.39 is 21.7 Å². The summed E-state index contributed by atoms with van der Waals surface area (Å²) >= 11 is 0. The lowest BCUT2D eigenvalue weighted by Crippen LogP contribution is -2.49. The smallest absolute Gasteiger partial charge is 0.254 e. The largest absolute Gasteiger partial charge is 0.352 e. The highest BCUT2D eigenvalue weighted by Crippen LogP contribution is 2.13. The van der Waals surface area contributed by atoms with Gasteiger partial charge in [0.2, 0.25) is 16.0 Å². The van der Waals surface area contributed by atoms with Crippen LogP contribution in [0.4, 0.5) is 10.3 Å². The van der Waals surface area contributed by atoms with E-state index in [4.69, 9.17) is 0 Å². The highest BCUT2D eigenvalue weighted by atomic mass is 32.2. The second kappa shape index (κ2) is 9.07. The summed E-state index contributed by atoms with van der Waals surface area (Å²) in [6, 6.07) is 7.40. The van der Waals surface area contributed by atoms with Gasteiger partial charge in [0.15, 0.2) is 0 Å². The minimum absolute atomic E-state index is 0.0513. The van der Waals surface area contributed by atoms with Crippen LogP contribution >= 0.6 is 0 Å². The van der Waals surface area contributed by atoms with Crippen LogP contribution in [0.2, 0.25) is 0 Å². The number of halogens is 1. The highest BCUT2D eigenvalue weighted by molar-refractivity contribution is 7.89. The molecule has 10 heteroatoms. The van der Waals surface area contributed by atoms with Gasteiger partial charge in [-0.25, -0.2) is 22.8 Å². The molecule has 2 aromatic rings. The number of hydrogen-bond acceptors (Lipinski definition) is 6. The van der Waals surface area contributed by atoms with Crippen molar-refractivity contribution in [2.45, 2.75) is 6.42 Å². The molecule has 1 N–H and O–H groups in total. The number of sulfonamides is 1. The molecule has 1 amide bonds. The summed E-state index contributed by atoms with van der Waals surface area (Å²) in [5.41, 5.74) is -0.0513. The molecular weight excluding hydrogens is 385 g/mol. The van der Waals surface area contributed by atoms with Gasteiger partial charge in [-0.2, -0.15) is 4.31 Å². The third-order valence-electron chi connectivity index (χ3n) is 4.45. The van der Waals surface area contributed by atoms with Crippen molar-refractivity contribution in [3.8, 4) is 0 Å². The Morgan fingerprint density at radius 2 is 1.75 bits per heavy atom. The molecule has 1 aromatic carbocycles. The minimum atomic E-state index is -3.42. The molecule has 1 aliphatic heterocycles. The zero-order chi connectivity index (χ0) is 20.0. The zero-order valence-electron chi connectivity index (χ0n) is 15.3. The number of anilines is 1. The molecule has 150 valence electrons. The van der Waals surface area contributed by atoms with Gasteiger partial charge in [0.1, 0.15) is 5.82 Å². The summed E-state index contributed by atoms with van der Waals surface area (Å²) in [6.45, 7) is 1.93. The lowest BCUT2D eigenvalue weighted by molar-refractivity contribution is 0.0949. The van der Waals surface area contributed by atoms with E-state index in [0.29, 0.717) is 32.1 Å². The molecule has 1 aliphatic rings. The number of hydrogen-bond donors (Lipinski definition) is 1. The number of carbonyl (C=O) groups is 1. The van der Waals surface area contributed by atoms with Gasteiger partial charge in [0.25, 0.3) is 5.91 Å². The van der Waals surface area contributed by atoms with Crippen molar-refractivity contribution >= 4 is 21.9 Å². The second-order valence-corrected chi connectivity index (χ2v) is 8.43. The van der Waals surface area contributed by atoms with Crippen LogP contribution in [-0.2, 0) is 10.0 Å². The number of amides is 1. The van der Waals surface area contributed by atoms with E-state index in [1.807, 2.05) is 4.90 Å². The fourth-order valence-corrected chi connectivity index (χ4v) is 4.43. The van der Waals surface area contributed by atoms with Crippen molar-refractivity contribution in [3.63, 3.8) is 0 Å². The van der Waals surface area contributed by atoms with Gasteiger partial charge in [0, 0.05) is 45.1 Å². The Morgan fingerprint density at radius 1 is 1.07 bits per heavy atom. The molecule has 0 atom stereocenters. The fraction of sp³-hybridized carbons (Fsp3) is 0.389. The number of nitrogens with zero attached hydrogens (tertiary/aromatic N) is 4. The molecule has 0 aliphatic carbocycles. The van der Waals surface area contributed by atoms with E-state index in [1.165, 1.54) is 22.5 Å². The minimum Gasteiger partial charge on any atom is -0.352 e. The van der Waals surface area contributed by atoms with Crippen LogP contribution in [-0.4, -0.2) is 67.1 Å². The van der Waals surface area contributed by atoms with E-state index in [0.717, 1.165) is 0 Å². The van der Waals surface area contributed by atoms with Crippen LogP contribution in [0.3, 0.4) is 0 Å². The van der Waals surface area contributed by atoms with Gasteiger partial charge in [-0.3, -0.25) is 4.79 Å². The van der Waals surface area contributed by atoms with E-state index in [2.05, 4.69) is 15.3 Å². The molecule has 1 saturated heterocycles. The molecule has 1 aromatic heterocycles. The Balaban J connectivity index is 1.43. The second-order valence-electron chi connectivity index (χ2n) is 6.34. The van der Waals surface area contributed by atoms with Gasteiger partial charge in [-0.1, -0.05) is 12.1 Å². The number of piperazine rings is 1. The monoisotopic (exact) mass is 407 g/mol. The summed E-state index contributed by atoms with van der Waals surface area (Å²) in [5.74, 6) is -0.637. The van der Waals surface area contributed by atoms with Crippen LogP contribution in [0.15, 0.2) is 42.7 Å². The van der Waals surface area contributed by atoms with Crippen LogP contribution in [0.25, 0.3) is 0 Å². The predicted octanol–water partition coefficient (Wildman–Crippen LogP) is 0.888. The first-order valence-electron chi connectivity index (χ1n) is 9.00. The van der Waals surface area contributed by atoms with Crippen LogP contribution in [0.5, 0.6) is 0 Å². The van der Waals surface area contributed by atoms with Crippen molar-refractivity contribution in [1.82, 2.24) is 19.6 Å². The van der Waals surface area contributed by atoms with Gasteiger partial charge < -0.3 is 10.2 Å². The average Bonchev–Trinajstić information content (AvgIpc) is 2.72. The quantitative estimate of drug-likeness (QED) is 0.685. The Hall–Kier alpha value is -2.59. The number of benzene rings is 1. The Labute approximate surface area is 163 Å². The van der Waals surface area contributed by atoms with Crippen molar-refractivity contribution in [3.05, 3.63) is 54.1 Å². The van der Waals surface area contributed by atoms with E-state index in [-0.39, 0.29) is 24.3 Å². The van der Waals surface area contributed by atoms with Crippen molar-refractivity contribution in [2.24, 2.45) is 0 Å². The van der Waals surface area contributed by atoms with Crippen LogP contribution in [0, 0.1) is 5.82 Å². The van der Waals surface area contributed by atoms with Crippen LogP contribution in [0.1, 0.15) is 16.8 Å². The molecule has 0 unspecified atom stereocenters. The molecule has 0 saturated carbocycles. The standard InChI is InChI=1S/C18H22FN5O3S/c19-16-6-2-1-5-15(16)17(25)20-9-4-14-28(26,27)24-12-10-23(11-13-24)18-21-7-3-8-22-18/h1-3,5-8H,4,9-14H2,(H,20,25). The molecule has 0 bridgehead atoms.